The number of methoxy groups -OCH3 is 1. The molecule has 0 spiro atoms. The van der Waals surface area contributed by atoms with Crippen molar-refractivity contribution in [1.29, 1.82) is 0 Å². The summed E-state index contributed by atoms with van der Waals surface area (Å²) in [4.78, 5) is 9.23. The molecule has 1 N–H and O–H groups in total. The normalized spacial score (nSPS) is 10.8. The fourth-order valence-electron chi connectivity index (χ4n) is 3.76. The van der Waals surface area contributed by atoms with Gasteiger partial charge in [-0.25, -0.2) is 9.97 Å². The molecule has 5 aromatic rings. The SMILES string of the molecule is COc1ccccc1CNc1c(-c2cccc(OCc3ccccc3)c2)nc2ncccn12. The molecule has 164 valence electrons. The van der Waals surface area contributed by atoms with Crippen LogP contribution in [0.2, 0.25) is 0 Å². The zero-order chi connectivity index (χ0) is 22.5. The summed E-state index contributed by atoms with van der Waals surface area (Å²) >= 11 is 0. The third-order valence-corrected chi connectivity index (χ3v) is 5.40. The minimum atomic E-state index is 0.510. The van der Waals surface area contributed by atoms with Crippen molar-refractivity contribution in [3.63, 3.8) is 0 Å². The lowest BCUT2D eigenvalue weighted by molar-refractivity contribution is 0.306. The van der Waals surface area contributed by atoms with Gasteiger partial charge in [0.05, 0.1) is 7.11 Å². The summed E-state index contributed by atoms with van der Waals surface area (Å²) in [5, 5.41) is 3.54. The molecule has 6 nitrogen and oxygen atoms in total. The number of aromatic nitrogens is 3. The first kappa shape index (κ1) is 20.6. The second-order valence-electron chi connectivity index (χ2n) is 7.57. The van der Waals surface area contributed by atoms with Gasteiger partial charge in [-0.3, -0.25) is 4.40 Å². The van der Waals surface area contributed by atoms with Crippen LogP contribution in [-0.4, -0.2) is 21.5 Å². The molecule has 0 fully saturated rings. The van der Waals surface area contributed by atoms with Gasteiger partial charge in [-0.1, -0.05) is 60.7 Å². The van der Waals surface area contributed by atoms with E-state index < -0.39 is 0 Å². The average Bonchev–Trinajstić information content (AvgIpc) is 3.26. The Labute approximate surface area is 192 Å². The zero-order valence-corrected chi connectivity index (χ0v) is 18.3. The minimum absolute atomic E-state index is 0.510. The number of ether oxygens (including phenoxy) is 2. The molecule has 0 radical (unpaired) electrons. The van der Waals surface area contributed by atoms with Gasteiger partial charge < -0.3 is 14.8 Å². The van der Waals surface area contributed by atoms with Crippen molar-refractivity contribution < 1.29 is 9.47 Å². The molecule has 0 aliphatic rings. The van der Waals surface area contributed by atoms with E-state index in [4.69, 9.17) is 14.5 Å². The van der Waals surface area contributed by atoms with Gasteiger partial charge in [0.2, 0.25) is 5.78 Å². The van der Waals surface area contributed by atoms with Crippen molar-refractivity contribution in [3.8, 4) is 22.8 Å². The summed E-state index contributed by atoms with van der Waals surface area (Å²) in [6.07, 6.45) is 3.70. The molecule has 2 aromatic heterocycles. The Balaban J connectivity index is 1.45. The van der Waals surface area contributed by atoms with Crippen molar-refractivity contribution in [3.05, 3.63) is 108 Å². The van der Waals surface area contributed by atoms with Gasteiger partial charge in [-0.2, -0.15) is 0 Å². The summed E-state index contributed by atoms with van der Waals surface area (Å²) in [6, 6.07) is 28.0. The molecule has 0 saturated heterocycles. The second kappa shape index (κ2) is 9.44. The van der Waals surface area contributed by atoms with E-state index >= 15 is 0 Å². The van der Waals surface area contributed by atoms with Gasteiger partial charge in [0.25, 0.3) is 0 Å². The van der Waals surface area contributed by atoms with Gasteiger partial charge in [-0.15, -0.1) is 0 Å². The highest BCUT2D eigenvalue weighted by atomic mass is 16.5. The summed E-state index contributed by atoms with van der Waals surface area (Å²) < 4.78 is 13.5. The maximum Gasteiger partial charge on any atom is 0.235 e. The zero-order valence-electron chi connectivity index (χ0n) is 18.3. The van der Waals surface area contributed by atoms with Crippen LogP contribution in [0.3, 0.4) is 0 Å². The number of nitrogens with one attached hydrogen (secondary N) is 1. The molecule has 0 bridgehead atoms. The molecule has 0 saturated carbocycles. The molecule has 0 aliphatic carbocycles. The van der Waals surface area contributed by atoms with Crippen LogP contribution < -0.4 is 14.8 Å². The standard InChI is InChI=1S/C27H24N4O2/c1-32-24-14-6-5-11-22(24)18-29-26-25(30-27-28-15-8-16-31(26)27)21-12-7-13-23(17-21)33-19-20-9-3-2-4-10-20/h2-17,29H,18-19H2,1H3. The second-order valence-corrected chi connectivity index (χ2v) is 7.57. The largest absolute Gasteiger partial charge is 0.496 e. The molecular weight excluding hydrogens is 412 g/mol. The summed E-state index contributed by atoms with van der Waals surface area (Å²) in [7, 11) is 1.68. The molecular formula is C27H24N4O2. The average molecular weight is 437 g/mol. The van der Waals surface area contributed by atoms with Crippen molar-refractivity contribution in [2.45, 2.75) is 13.2 Å². The topological polar surface area (TPSA) is 60.7 Å². The van der Waals surface area contributed by atoms with Crippen LogP contribution in [0.15, 0.2) is 97.3 Å². The number of anilines is 1. The Hall–Kier alpha value is -4.32. The summed E-state index contributed by atoms with van der Waals surface area (Å²) in [6.45, 7) is 1.10. The van der Waals surface area contributed by atoms with Crippen molar-refractivity contribution in [2.24, 2.45) is 0 Å². The Morgan fingerprint density at radius 2 is 1.76 bits per heavy atom. The highest BCUT2D eigenvalue weighted by Gasteiger charge is 2.16. The first-order chi connectivity index (χ1) is 16.3. The third kappa shape index (κ3) is 4.50. The number of hydrogen-bond donors (Lipinski definition) is 1. The lowest BCUT2D eigenvalue weighted by atomic mass is 10.1. The third-order valence-electron chi connectivity index (χ3n) is 5.40. The van der Waals surface area contributed by atoms with Crippen LogP contribution in [0, 0.1) is 0 Å². The van der Waals surface area contributed by atoms with E-state index in [2.05, 4.69) is 22.4 Å². The number of hydrogen-bond acceptors (Lipinski definition) is 5. The fraction of sp³-hybridized carbons (Fsp3) is 0.111. The predicted octanol–water partition coefficient (Wildman–Crippen LogP) is 5.60. The van der Waals surface area contributed by atoms with Crippen LogP contribution in [0.4, 0.5) is 5.82 Å². The molecule has 0 aliphatic heterocycles. The molecule has 0 amide bonds. The highest BCUT2D eigenvalue weighted by molar-refractivity contribution is 5.76. The molecule has 5 rings (SSSR count). The monoisotopic (exact) mass is 436 g/mol. The first-order valence-electron chi connectivity index (χ1n) is 10.8. The van der Waals surface area contributed by atoms with E-state index in [1.807, 2.05) is 83.4 Å². The highest BCUT2D eigenvalue weighted by Crippen LogP contribution is 2.31. The number of para-hydroxylation sites is 1. The quantitative estimate of drug-likeness (QED) is 0.343. The summed E-state index contributed by atoms with van der Waals surface area (Å²) in [5.74, 6) is 3.13. The van der Waals surface area contributed by atoms with E-state index in [1.54, 1.807) is 13.3 Å². The van der Waals surface area contributed by atoms with E-state index in [0.29, 0.717) is 18.9 Å². The Morgan fingerprint density at radius 3 is 2.64 bits per heavy atom. The number of nitrogens with zero attached hydrogens (tertiary/aromatic N) is 3. The number of benzene rings is 3. The Kier molecular flexibility index (Phi) is 5.89. The van der Waals surface area contributed by atoms with E-state index in [9.17, 15) is 0 Å². The minimum Gasteiger partial charge on any atom is -0.496 e. The smallest absolute Gasteiger partial charge is 0.235 e. The lowest BCUT2D eigenvalue weighted by Gasteiger charge is -2.12. The number of fused-ring (bicyclic) bond motifs is 1. The maximum atomic E-state index is 6.04. The molecule has 2 heterocycles. The van der Waals surface area contributed by atoms with Crippen LogP contribution in [-0.2, 0) is 13.2 Å². The number of rotatable bonds is 8. The van der Waals surface area contributed by atoms with Crippen LogP contribution >= 0.6 is 0 Å². The van der Waals surface area contributed by atoms with Crippen molar-refractivity contribution in [1.82, 2.24) is 14.4 Å². The molecule has 0 unspecified atom stereocenters. The summed E-state index contributed by atoms with van der Waals surface area (Å²) in [5.41, 5.74) is 3.95. The van der Waals surface area contributed by atoms with Gasteiger partial charge in [0.1, 0.15) is 29.6 Å². The molecule has 3 aromatic carbocycles. The van der Waals surface area contributed by atoms with Crippen molar-refractivity contribution in [2.75, 3.05) is 12.4 Å². The molecule has 0 atom stereocenters. The maximum absolute atomic E-state index is 6.04. The van der Waals surface area contributed by atoms with Crippen LogP contribution in [0.25, 0.3) is 17.0 Å². The van der Waals surface area contributed by atoms with Gasteiger partial charge >= 0.3 is 0 Å². The first-order valence-corrected chi connectivity index (χ1v) is 10.8. The van der Waals surface area contributed by atoms with Crippen LogP contribution in [0.5, 0.6) is 11.5 Å². The van der Waals surface area contributed by atoms with E-state index in [0.717, 1.165) is 39.7 Å². The van der Waals surface area contributed by atoms with Gasteiger partial charge in [0, 0.05) is 30.1 Å². The van der Waals surface area contributed by atoms with E-state index in [-0.39, 0.29) is 0 Å². The molecule has 33 heavy (non-hydrogen) atoms. The van der Waals surface area contributed by atoms with Gasteiger partial charge in [-0.05, 0) is 29.8 Å². The Bertz CT molecular complexity index is 1370. The van der Waals surface area contributed by atoms with Crippen LogP contribution in [0.1, 0.15) is 11.1 Å². The van der Waals surface area contributed by atoms with E-state index in [1.165, 1.54) is 0 Å². The molecule has 6 heteroatoms. The predicted molar refractivity (Wildman–Crippen MR) is 130 cm³/mol. The number of imidazole rings is 1. The lowest BCUT2D eigenvalue weighted by Crippen LogP contribution is -2.05. The van der Waals surface area contributed by atoms with Crippen molar-refractivity contribution >= 4 is 11.6 Å². The van der Waals surface area contributed by atoms with Gasteiger partial charge in [0.15, 0.2) is 0 Å². The Morgan fingerprint density at radius 1 is 0.909 bits per heavy atom. The fourth-order valence-corrected chi connectivity index (χ4v) is 3.76.